The van der Waals surface area contributed by atoms with Crippen molar-refractivity contribution >= 4 is 17.6 Å². The van der Waals surface area contributed by atoms with Gasteiger partial charge in [0.05, 0.1) is 6.54 Å². The SMILES string of the molecule is CCCN1CCN(CC(=O)C2CCCC2)C(=O)C1=O. The first-order chi connectivity index (χ1) is 9.13. The molecule has 2 aliphatic rings. The molecule has 106 valence electrons. The number of Topliss-reactive ketones (excluding diaryl/α,β-unsaturated/α-hetero) is 1. The van der Waals surface area contributed by atoms with E-state index in [9.17, 15) is 14.4 Å². The molecule has 0 unspecified atom stereocenters. The molecule has 0 N–H and O–H groups in total. The van der Waals surface area contributed by atoms with E-state index >= 15 is 0 Å². The van der Waals surface area contributed by atoms with Crippen LogP contribution in [0.1, 0.15) is 39.0 Å². The maximum Gasteiger partial charge on any atom is 0.312 e. The smallest absolute Gasteiger partial charge is 0.312 e. The third-order valence-electron chi connectivity index (χ3n) is 4.05. The number of rotatable bonds is 5. The average molecular weight is 266 g/mol. The molecular formula is C14H22N2O3. The van der Waals surface area contributed by atoms with Crippen LogP contribution < -0.4 is 0 Å². The van der Waals surface area contributed by atoms with Gasteiger partial charge in [0.25, 0.3) is 0 Å². The number of piperazine rings is 1. The summed E-state index contributed by atoms with van der Waals surface area (Å²) in [5.74, 6) is -0.725. The minimum Gasteiger partial charge on any atom is -0.333 e. The maximum absolute atomic E-state index is 12.1. The van der Waals surface area contributed by atoms with Crippen LogP contribution in [-0.4, -0.2) is 53.6 Å². The Bertz CT molecular complexity index is 375. The fourth-order valence-electron chi connectivity index (χ4n) is 2.91. The number of carbonyl (C=O) groups excluding carboxylic acids is 3. The minimum absolute atomic E-state index is 0.108. The van der Waals surface area contributed by atoms with Gasteiger partial charge in [0.1, 0.15) is 0 Å². The third kappa shape index (κ3) is 3.14. The van der Waals surface area contributed by atoms with Crippen molar-refractivity contribution in [2.75, 3.05) is 26.2 Å². The number of ketones is 1. The monoisotopic (exact) mass is 266 g/mol. The Hall–Kier alpha value is -1.39. The van der Waals surface area contributed by atoms with Gasteiger partial charge in [-0.1, -0.05) is 19.8 Å². The van der Waals surface area contributed by atoms with Crippen LogP contribution in [0.2, 0.25) is 0 Å². The van der Waals surface area contributed by atoms with Gasteiger partial charge in [-0.25, -0.2) is 0 Å². The van der Waals surface area contributed by atoms with E-state index in [0.717, 1.165) is 32.1 Å². The highest BCUT2D eigenvalue weighted by Gasteiger charge is 2.34. The lowest BCUT2D eigenvalue weighted by Gasteiger charge is -2.33. The standard InChI is InChI=1S/C14H22N2O3/c1-2-7-15-8-9-16(14(19)13(15)18)10-12(17)11-5-3-4-6-11/h11H,2-10H2,1H3. The Balaban J connectivity index is 1.89. The van der Waals surface area contributed by atoms with Crippen molar-refractivity contribution in [1.29, 1.82) is 0 Å². The zero-order valence-corrected chi connectivity index (χ0v) is 11.6. The highest BCUT2D eigenvalue weighted by Crippen LogP contribution is 2.25. The van der Waals surface area contributed by atoms with Crippen molar-refractivity contribution in [3.63, 3.8) is 0 Å². The summed E-state index contributed by atoms with van der Waals surface area (Å²) in [6.07, 6.45) is 4.94. The average Bonchev–Trinajstić information content (AvgIpc) is 2.92. The topological polar surface area (TPSA) is 57.7 Å². The molecule has 2 fully saturated rings. The Morgan fingerprint density at radius 1 is 1.11 bits per heavy atom. The first kappa shape index (κ1) is 14.0. The summed E-state index contributed by atoms with van der Waals surface area (Å²) in [6.45, 7) is 3.76. The van der Waals surface area contributed by atoms with Crippen LogP contribution in [0, 0.1) is 5.92 Å². The Labute approximate surface area is 113 Å². The van der Waals surface area contributed by atoms with Crippen molar-refractivity contribution < 1.29 is 14.4 Å². The van der Waals surface area contributed by atoms with E-state index in [2.05, 4.69) is 0 Å². The molecule has 0 aromatic carbocycles. The summed E-state index contributed by atoms with van der Waals surface area (Å²) in [6, 6.07) is 0. The van der Waals surface area contributed by atoms with Crippen LogP contribution in [-0.2, 0) is 14.4 Å². The zero-order valence-electron chi connectivity index (χ0n) is 11.6. The lowest BCUT2D eigenvalue weighted by Crippen LogP contribution is -2.55. The van der Waals surface area contributed by atoms with E-state index in [1.165, 1.54) is 4.90 Å². The molecule has 0 aromatic heterocycles. The summed E-state index contributed by atoms with van der Waals surface area (Å²) < 4.78 is 0. The Kier molecular flexibility index (Phi) is 4.56. The molecule has 19 heavy (non-hydrogen) atoms. The number of hydrogen-bond acceptors (Lipinski definition) is 3. The van der Waals surface area contributed by atoms with Gasteiger partial charge in [-0.3, -0.25) is 14.4 Å². The highest BCUT2D eigenvalue weighted by molar-refractivity contribution is 6.35. The van der Waals surface area contributed by atoms with Crippen molar-refractivity contribution in [2.45, 2.75) is 39.0 Å². The molecule has 1 aliphatic carbocycles. The van der Waals surface area contributed by atoms with Crippen LogP contribution >= 0.6 is 0 Å². The summed E-state index contributed by atoms with van der Waals surface area (Å²) >= 11 is 0. The maximum atomic E-state index is 12.1. The van der Waals surface area contributed by atoms with Gasteiger partial charge in [0, 0.05) is 25.6 Å². The largest absolute Gasteiger partial charge is 0.333 e. The molecule has 0 bridgehead atoms. The molecule has 1 saturated heterocycles. The molecule has 1 heterocycles. The molecule has 5 heteroatoms. The fraction of sp³-hybridized carbons (Fsp3) is 0.786. The number of carbonyl (C=O) groups is 3. The van der Waals surface area contributed by atoms with Crippen molar-refractivity contribution in [3.05, 3.63) is 0 Å². The molecule has 2 amide bonds. The molecule has 2 rings (SSSR count). The van der Waals surface area contributed by atoms with Gasteiger partial charge in [-0.2, -0.15) is 0 Å². The lowest BCUT2D eigenvalue weighted by molar-refractivity contribution is -0.157. The van der Waals surface area contributed by atoms with Gasteiger partial charge >= 0.3 is 11.8 Å². The first-order valence-electron chi connectivity index (χ1n) is 7.24. The van der Waals surface area contributed by atoms with Crippen molar-refractivity contribution in [1.82, 2.24) is 9.80 Å². The Morgan fingerprint density at radius 3 is 2.32 bits per heavy atom. The molecule has 0 aromatic rings. The fourth-order valence-corrected chi connectivity index (χ4v) is 2.91. The summed E-state index contributed by atoms with van der Waals surface area (Å²) in [5, 5.41) is 0. The van der Waals surface area contributed by atoms with Gasteiger partial charge in [-0.15, -0.1) is 0 Å². The molecule has 0 atom stereocenters. The van der Waals surface area contributed by atoms with E-state index in [-0.39, 0.29) is 18.2 Å². The molecule has 1 aliphatic heterocycles. The second kappa shape index (κ2) is 6.17. The predicted octanol–water partition coefficient (Wildman–Crippen LogP) is 0.826. The van der Waals surface area contributed by atoms with E-state index < -0.39 is 11.8 Å². The first-order valence-corrected chi connectivity index (χ1v) is 7.24. The van der Waals surface area contributed by atoms with E-state index in [4.69, 9.17) is 0 Å². The van der Waals surface area contributed by atoms with E-state index in [0.29, 0.717) is 19.6 Å². The highest BCUT2D eigenvalue weighted by atomic mass is 16.2. The van der Waals surface area contributed by atoms with Gasteiger partial charge < -0.3 is 9.80 Å². The molecule has 5 nitrogen and oxygen atoms in total. The summed E-state index contributed by atoms with van der Waals surface area (Å²) in [4.78, 5) is 38.9. The summed E-state index contributed by atoms with van der Waals surface area (Å²) in [7, 11) is 0. The van der Waals surface area contributed by atoms with Gasteiger partial charge in [0.15, 0.2) is 5.78 Å². The van der Waals surface area contributed by atoms with Crippen LogP contribution in [0.4, 0.5) is 0 Å². The number of amides is 2. The van der Waals surface area contributed by atoms with Crippen molar-refractivity contribution in [3.8, 4) is 0 Å². The molecule has 0 radical (unpaired) electrons. The van der Waals surface area contributed by atoms with Gasteiger partial charge in [-0.05, 0) is 19.3 Å². The third-order valence-corrected chi connectivity index (χ3v) is 4.05. The quantitative estimate of drug-likeness (QED) is 0.692. The van der Waals surface area contributed by atoms with Crippen LogP contribution in [0.3, 0.4) is 0 Å². The Morgan fingerprint density at radius 2 is 1.68 bits per heavy atom. The molecule has 1 saturated carbocycles. The second-order valence-electron chi connectivity index (χ2n) is 5.47. The molecular weight excluding hydrogens is 244 g/mol. The van der Waals surface area contributed by atoms with Crippen molar-refractivity contribution in [2.24, 2.45) is 5.92 Å². The predicted molar refractivity (Wildman–Crippen MR) is 70.4 cm³/mol. The van der Waals surface area contributed by atoms with Crippen LogP contribution in [0.5, 0.6) is 0 Å². The number of hydrogen-bond donors (Lipinski definition) is 0. The zero-order chi connectivity index (χ0) is 13.8. The number of nitrogens with zero attached hydrogens (tertiary/aromatic N) is 2. The normalized spacial score (nSPS) is 21.3. The minimum atomic E-state index is -0.508. The van der Waals surface area contributed by atoms with E-state index in [1.54, 1.807) is 4.90 Å². The van der Waals surface area contributed by atoms with E-state index in [1.807, 2.05) is 6.92 Å². The second-order valence-corrected chi connectivity index (χ2v) is 5.47. The molecule has 0 spiro atoms. The summed E-state index contributed by atoms with van der Waals surface area (Å²) in [5.41, 5.74) is 0. The van der Waals surface area contributed by atoms with Gasteiger partial charge in [0.2, 0.25) is 0 Å². The lowest BCUT2D eigenvalue weighted by atomic mass is 10.0. The van der Waals surface area contributed by atoms with Crippen LogP contribution in [0.25, 0.3) is 0 Å². The van der Waals surface area contributed by atoms with Crippen LogP contribution in [0.15, 0.2) is 0 Å².